The molecule has 0 bridgehead atoms. The van der Waals surface area contributed by atoms with Crippen molar-refractivity contribution < 1.29 is 9.53 Å². The Balaban J connectivity index is 1.61. The molecule has 0 aliphatic carbocycles. The van der Waals surface area contributed by atoms with Crippen LogP contribution in [0.25, 0.3) is 16.8 Å². The van der Waals surface area contributed by atoms with Crippen LogP contribution >= 0.6 is 0 Å². The number of piperidine rings is 1. The van der Waals surface area contributed by atoms with Crippen LogP contribution in [0.4, 0.5) is 0 Å². The van der Waals surface area contributed by atoms with Gasteiger partial charge in [0.15, 0.2) is 0 Å². The molecule has 3 heterocycles. The van der Waals surface area contributed by atoms with E-state index in [1.165, 1.54) is 50.9 Å². The summed E-state index contributed by atoms with van der Waals surface area (Å²) in [7, 11) is 1.69. The number of carbonyl (C=O) groups is 1. The number of likely N-dealkylation sites (tertiary alicyclic amines) is 1. The lowest BCUT2D eigenvalue weighted by Gasteiger charge is -2.26. The zero-order valence-corrected chi connectivity index (χ0v) is 25.5. The van der Waals surface area contributed by atoms with Crippen LogP contribution in [0.5, 0.6) is 5.75 Å². The van der Waals surface area contributed by atoms with Crippen molar-refractivity contribution >= 4 is 11.4 Å². The second-order valence-corrected chi connectivity index (χ2v) is 12.3. The summed E-state index contributed by atoms with van der Waals surface area (Å²) >= 11 is 0. The molecule has 1 amide bonds. The van der Waals surface area contributed by atoms with Gasteiger partial charge < -0.3 is 14.5 Å². The number of rotatable bonds is 14. The fraction of sp³-hybridized carbons (Fsp3) is 0.588. The molecule has 3 aromatic rings. The molecular formula is C34H50N4O2. The molecule has 1 aromatic carbocycles. The first-order valence-corrected chi connectivity index (χ1v) is 15.5. The maximum atomic E-state index is 13.8. The molecule has 1 fully saturated rings. The Bertz CT molecular complexity index is 1200. The van der Waals surface area contributed by atoms with Crippen LogP contribution in [-0.2, 0) is 6.42 Å². The molecule has 0 saturated carbocycles. The number of ether oxygens (including phenoxy) is 1. The Morgan fingerprint density at radius 2 is 1.62 bits per heavy atom. The second-order valence-electron chi connectivity index (χ2n) is 12.3. The van der Waals surface area contributed by atoms with Crippen LogP contribution in [0.15, 0.2) is 42.6 Å². The highest BCUT2D eigenvalue weighted by atomic mass is 16.5. The summed E-state index contributed by atoms with van der Waals surface area (Å²) in [6, 6.07) is 12.2. The highest BCUT2D eigenvalue weighted by Gasteiger charge is 2.20. The molecule has 1 aliphatic heterocycles. The van der Waals surface area contributed by atoms with Crippen molar-refractivity contribution in [3.05, 3.63) is 53.7 Å². The first kappa shape index (κ1) is 30.1. The number of unbranched alkanes of at least 4 members (excludes halogenated alkanes) is 1. The third kappa shape index (κ3) is 8.09. The number of amides is 1. The van der Waals surface area contributed by atoms with Crippen molar-refractivity contribution in [3.8, 4) is 17.0 Å². The fourth-order valence-corrected chi connectivity index (χ4v) is 5.60. The average Bonchev–Trinajstić information content (AvgIpc) is 3.33. The molecule has 0 spiro atoms. The first-order valence-electron chi connectivity index (χ1n) is 15.5. The number of aromatic nitrogens is 2. The van der Waals surface area contributed by atoms with E-state index in [9.17, 15) is 4.79 Å². The molecule has 6 nitrogen and oxygen atoms in total. The van der Waals surface area contributed by atoms with Crippen molar-refractivity contribution in [2.24, 2.45) is 11.8 Å². The van der Waals surface area contributed by atoms with Gasteiger partial charge in [0, 0.05) is 36.0 Å². The molecule has 6 heteroatoms. The van der Waals surface area contributed by atoms with Gasteiger partial charge in [0.1, 0.15) is 5.75 Å². The lowest BCUT2D eigenvalue weighted by Crippen LogP contribution is -2.34. The number of aryl methyl sites for hydroxylation is 1. The Hall–Kier alpha value is -2.86. The topological polar surface area (TPSA) is 50.1 Å². The zero-order valence-electron chi connectivity index (χ0n) is 25.5. The van der Waals surface area contributed by atoms with Crippen molar-refractivity contribution in [1.29, 1.82) is 0 Å². The van der Waals surface area contributed by atoms with Gasteiger partial charge in [-0.3, -0.25) is 4.79 Å². The van der Waals surface area contributed by atoms with E-state index in [0.29, 0.717) is 11.8 Å². The number of benzene rings is 1. The van der Waals surface area contributed by atoms with Gasteiger partial charge in [-0.25, -0.2) is 4.52 Å². The summed E-state index contributed by atoms with van der Waals surface area (Å²) in [5, 5.41) is 5.01. The highest BCUT2D eigenvalue weighted by molar-refractivity contribution is 5.95. The minimum absolute atomic E-state index is 0.132. The number of pyridine rings is 1. The predicted molar refractivity (Wildman–Crippen MR) is 165 cm³/mol. The van der Waals surface area contributed by atoms with Crippen LogP contribution < -0.4 is 4.74 Å². The quantitative estimate of drug-likeness (QED) is 0.198. The average molecular weight is 547 g/mol. The Morgan fingerprint density at radius 1 is 0.950 bits per heavy atom. The molecular weight excluding hydrogens is 496 g/mol. The number of fused-ring (bicyclic) bond motifs is 1. The number of nitrogens with zero attached hydrogens (tertiary/aromatic N) is 4. The van der Waals surface area contributed by atoms with Gasteiger partial charge in [-0.2, -0.15) is 5.10 Å². The first-order chi connectivity index (χ1) is 19.4. The van der Waals surface area contributed by atoms with E-state index in [1.54, 1.807) is 7.11 Å². The van der Waals surface area contributed by atoms with E-state index in [0.717, 1.165) is 66.9 Å². The van der Waals surface area contributed by atoms with Gasteiger partial charge in [-0.15, -0.1) is 0 Å². The summed E-state index contributed by atoms with van der Waals surface area (Å²) in [5.74, 6) is 2.10. The standard InChI is InChI=1S/C34H50N4O2/c1-26(2)16-22-37(23-17-27(3)4)34(39)29-18-24-38-32(25-29)31(11-7-10-21-36-19-8-6-9-20-36)33(35-38)28-12-14-30(40-5)15-13-28/h12-15,18,24-27H,6-11,16-17,19-23H2,1-5H3. The molecule has 0 atom stereocenters. The monoisotopic (exact) mass is 546 g/mol. The molecule has 2 aromatic heterocycles. The second kappa shape index (κ2) is 14.7. The minimum atomic E-state index is 0.132. The highest BCUT2D eigenvalue weighted by Crippen LogP contribution is 2.30. The van der Waals surface area contributed by atoms with Crippen LogP contribution in [0.1, 0.15) is 88.6 Å². The smallest absolute Gasteiger partial charge is 0.253 e. The minimum Gasteiger partial charge on any atom is -0.497 e. The fourth-order valence-electron chi connectivity index (χ4n) is 5.60. The summed E-state index contributed by atoms with van der Waals surface area (Å²) in [6.07, 6.45) is 11.3. The van der Waals surface area contributed by atoms with Gasteiger partial charge in [0.2, 0.25) is 0 Å². The normalized spacial score (nSPS) is 14.4. The number of carbonyl (C=O) groups excluding carboxylic acids is 1. The summed E-state index contributed by atoms with van der Waals surface area (Å²) in [4.78, 5) is 18.5. The van der Waals surface area contributed by atoms with E-state index < -0.39 is 0 Å². The predicted octanol–water partition coefficient (Wildman–Crippen LogP) is 7.35. The lowest BCUT2D eigenvalue weighted by molar-refractivity contribution is 0.0741. The molecule has 0 N–H and O–H groups in total. The Morgan fingerprint density at radius 3 is 2.25 bits per heavy atom. The Kier molecular flexibility index (Phi) is 11.0. The van der Waals surface area contributed by atoms with Gasteiger partial charge >= 0.3 is 0 Å². The summed E-state index contributed by atoms with van der Waals surface area (Å²) in [6.45, 7) is 14.1. The van der Waals surface area contributed by atoms with Crippen LogP contribution in [-0.4, -0.2) is 65.2 Å². The lowest BCUT2D eigenvalue weighted by atomic mass is 10.0. The van der Waals surface area contributed by atoms with Crippen molar-refractivity contribution in [1.82, 2.24) is 19.4 Å². The van der Waals surface area contributed by atoms with Crippen LogP contribution in [0, 0.1) is 11.8 Å². The Labute approximate surface area is 241 Å². The zero-order chi connectivity index (χ0) is 28.5. The van der Waals surface area contributed by atoms with Crippen molar-refractivity contribution in [2.45, 2.75) is 79.1 Å². The molecule has 40 heavy (non-hydrogen) atoms. The van der Waals surface area contributed by atoms with Crippen molar-refractivity contribution in [3.63, 3.8) is 0 Å². The molecule has 1 aliphatic rings. The maximum absolute atomic E-state index is 13.8. The third-order valence-electron chi connectivity index (χ3n) is 8.19. The molecule has 0 radical (unpaired) electrons. The van der Waals surface area contributed by atoms with Crippen LogP contribution in [0.3, 0.4) is 0 Å². The van der Waals surface area contributed by atoms with E-state index in [-0.39, 0.29) is 5.91 Å². The molecule has 4 rings (SSSR count). The summed E-state index contributed by atoms with van der Waals surface area (Å²) < 4.78 is 7.35. The van der Waals surface area contributed by atoms with E-state index in [1.807, 2.05) is 28.9 Å². The maximum Gasteiger partial charge on any atom is 0.253 e. The van der Waals surface area contributed by atoms with Crippen LogP contribution in [0.2, 0.25) is 0 Å². The third-order valence-corrected chi connectivity index (χ3v) is 8.19. The molecule has 0 unspecified atom stereocenters. The van der Waals surface area contributed by atoms with E-state index in [4.69, 9.17) is 9.84 Å². The number of hydrogen-bond donors (Lipinski definition) is 0. The van der Waals surface area contributed by atoms with Gasteiger partial charge in [-0.1, -0.05) is 34.1 Å². The SMILES string of the molecule is COc1ccc(-c2nn3ccc(C(=O)N(CCC(C)C)CCC(C)C)cc3c2CCCCN2CCCCC2)cc1. The van der Waals surface area contributed by atoms with Gasteiger partial charge in [0.25, 0.3) is 5.91 Å². The largest absolute Gasteiger partial charge is 0.497 e. The van der Waals surface area contributed by atoms with E-state index in [2.05, 4.69) is 55.7 Å². The number of hydrogen-bond acceptors (Lipinski definition) is 4. The molecule has 218 valence electrons. The van der Waals surface area contributed by atoms with Gasteiger partial charge in [0.05, 0.1) is 18.3 Å². The number of methoxy groups -OCH3 is 1. The molecule has 1 saturated heterocycles. The van der Waals surface area contributed by atoms with Crippen molar-refractivity contribution in [2.75, 3.05) is 39.8 Å². The van der Waals surface area contributed by atoms with E-state index >= 15 is 0 Å². The summed E-state index contributed by atoms with van der Waals surface area (Å²) in [5.41, 5.74) is 5.12. The van der Waals surface area contributed by atoms with Gasteiger partial charge in [-0.05, 0) is 113 Å².